The van der Waals surface area contributed by atoms with Crippen LogP contribution in [0.1, 0.15) is 37.1 Å². The Labute approximate surface area is 178 Å². The minimum Gasteiger partial charge on any atom is -0.372 e. The molecule has 1 unspecified atom stereocenters. The van der Waals surface area contributed by atoms with Crippen LogP contribution in [0.4, 0.5) is 5.69 Å². The highest BCUT2D eigenvalue weighted by Gasteiger charge is 2.15. The van der Waals surface area contributed by atoms with Crippen molar-refractivity contribution in [2.45, 2.75) is 32.4 Å². The zero-order valence-corrected chi connectivity index (χ0v) is 17.6. The number of aromatic nitrogens is 1. The third-order valence-electron chi connectivity index (χ3n) is 5.47. The Kier molecular flexibility index (Phi) is 6.32. The number of aliphatic imine (C=N–C) groups is 1. The lowest BCUT2D eigenvalue weighted by molar-refractivity contribution is 0.422. The second-order valence-electron chi connectivity index (χ2n) is 7.63. The minimum atomic E-state index is 0.135. The van der Waals surface area contributed by atoms with Crippen LogP contribution < -0.4 is 15.5 Å². The van der Waals surface area contributed by atoms with E-state index in [0.29, 0.717) is 6.54 Å². The summed E-state index contributed by atoms with van der Waals surface area (Å²) >= 11 is 0. The van der Waals surface area contributed by atoms with Crippen molar-refractivity contribution < 1.29 is 4.52 Å². The molecule has 1 aliphatic rings. The van der Waals surface area contributed by atoms with E-state index < -0.39 is 0 Å². The van der Waals surface area contributed by atoms with Crippen molar-refractivity contribution in [2.75, 3.05) is 25.0 Å². The zero-order valence-electron chi connectivity index (χ0n) is 17.6. The minimum absolute atomic E-state index is 0.135. The highest BCUT2D eigenvalue weighted by Crippen LogP contribution is 2.24. The topological polar surface area (TPSA) is 65.7 Å². The van der Waals surface area contributed by atoms with Crippen LogP contribution in [0, 0.1) is 0 Å². The molecule has 0 radical (unpaired) electrons. The summed E-state index contributed by atoms with van der Waals surface area (Å²) in [5.41, 5.74) is 4.40. The van der Waals surface area contributed by atoms with Gasteiger partial charge in [-0.1, -0.05) is 47.6 Å². The van der Waals surface area contributed by atoms with Crippen LogP contribution >= 0.6 is 0 Å². The molecule has 3 aromatic rings. The Morgan fingerprint density at radius 1 is 1.10 bits per heavy atom. The van der Waals surface area contributed by atoms with Gasteiger partial charge in [-0.3, -0.25) is 4.99 Å². The first kappa shape index (κ1) is 20.0. The van der Waals surface area contributed by atoms with Crippen LogP contribution in [-0.2, 0) is 6.54 Å². The Bertz CT molecular complexity index is 976. The van der Waals surface area contributed by atoms with Crippen LogP contribution in [0.3, 0.4) is 0 Å². The molecule has 0 saturated carbocycles. The summed E-state index contributed by atoms with van der Waals surface area (Å²) in [6.45, 7) is 4.99. The predicted molar refractivity (Wildman–Crippen MR) is 122 cm³/mol. The number of guanidine groups is 1. The Balaban J connectivity index is 1.35. The maximum atomic E-state index is 5.47. The van der Waals surface area contributed by atoms with E-state index in [1.54, 1.807) is 7.05 Å². The number of nitrogens with zero attached hydrogens (tertiary/aromatic N) is 3. The van der Waals surface area contributed by atoms with Crippen molar-refractivity contribution in [3.8, 4) is 11.3 Å². The van der Waals surface area contributed by atoms with Gasteiger partial charge in [0.15, 0.2) is 11.7 Å². The molecule has 1 atom stereocenters. The van der Waals surface area contributed by atoms with Gasteiger partial charge in [0.05, 0.1) is 12.6 Å². The van der Waals surface area contributed by atoms with E-state index in [2.05, 4.69) is 56.9 Å². The molecule has 0 bridgehead atoms. The summed E-state index contributed by atoms with van der Waals surface area (Å²) < 4.78 is 5.47. The van der Waals surface area contributed by atoms with Crippen LogP contribution in [0.2, 0.25) is 0 Å². The molecular weight excluding hydrogens is 374 g/mol. The first-order chi connectivity index (χ1) is 14.7. The van der Waals surface area contributed by atoms with Gasteiger partial charge in [0, 0.05) is 37.5 Å². The van der Waals surface area contributed by atoms with Crippen molar-refractivity contribution in [3.63, 3.8) is 0 Å². The summed E-state index contributed by atoms with van der Waals surface area (Å²) in [6, 6.07) is 20.8. The third-order valence-corrected chi connectivity index (χ3v) is 5.47. The van der Waals surface area contributed by atoms with Gasteiger partial charge < -0.3 is 20.1 Å². The summed E-state index contributed by atoms with van der Waals surface area (Å²) in [6.07, 6.45) is 2.56. The first-order valence-corrected chi connectivity index (χ1v) is 10.6. The van der Waals surface area contributed by atoms with E-state index in [1.807, 2.05) is 36.4 Å². The van der Waals surface area contributed by atoms with Gasteiger partial charge in [0.25, 0.3) is 0 Å². The second kappa shape index (κ2) is 9.48. The first-order valence-electron chi connectivity index (χ1n) is 10.6. The van der Waals surface area contributed by atoms with Crippen molar-refractivity contribution in [1.29, 1.82) is 0 Å². The molecule has 1 saturated heterocycles. The Hall–Kier alpha value is -3.28. The van der Waals surface area contributed by atoms with Crippen LogP contribution in [0.25, 0.3) is 11.3 Å². The third kappa shape index (κ3) is 4.82. The van der Waals surface area contributed by atoms with E-state index in [0.717, 1.165) is 36.1 Å². The maximum Gasteiger partial charge on any atom is 0.191 e. The molecule has 6 nitrogen and oxygen atoms in total. The molecule has 2 N–H and O–H groups in total. The summed E-state index contributed by atoms with van der Waals surface area (Å²) in [5, 5.41) is 11.0. The van der Waals surface area contributed by atoms with E-state index in [9.17, 15) is 0 Å². The van der Waals surface area contributed by atoms with Crippen molar-refractivity contribution in [1.82, 2.24) is 15.8 Å². The lowest BCUT2D eigenvalue weighted by atomic mass is 10.1. The molecule has 2 aromatic carbocycles. The fourth-order valence-electron chi connectivity index (χ4n) is 3.76. The average Bonchev–Trinajstić information content (AvgIpc) is 3.50. The van der Waals surface area contributed by atoms with Crippen molar-refractivity contribution >= 4 is 11.6 Å². The Morgan fingerprint density at radius 3 is 2.67 bits per heavy atom. The van der Waals surface area contributed by atoms with E-state index >= 15 is 0 Å². The number of hydrogen-bond donors (Lipinski definition) is 2. The highest BCUT2D eigenvalue weighted by atomic mass is 16.5. The van der Waals surface area contributed by atoms with Gasteiger partial charge in [-0.2, -0.15) is 0 Å². The maximum absolute atomic E-state index is 5.47. The molecule has 0 spiro atoms. The van der Waals surface area contributed by atoms with E-state index in [1.165, 1.54) is 24.1 Å². The quantitative estimate of drug-likeness (QED) is 0.473. The molecule has 0 amide bonds. The zero-order chi connectivity index (χ0) is 20.8. The van der Waals surface area contributed by atoms with E-state index in [4.69, 9.17) is 4.52 Å². The lowest BCUT2D eigenvalue weighted by Gasteiger charge is -2.22. The number of nitrogens with one attached hydrogen (secondary N) is 2. The van der Waals surface area contributed by atoms with Crippen LogP contribution in [0.15, 0.2) is 70.2 Å². The number of benzene rings is 2. The van der Waals surface area contributed by atoms with Gasteiger partial charge in [-0.25, -0.2) is 0 Å². The van der Waals surface area contributed by atoms with Crippen LogP contribution in [0.5, 0.6) is 0 Å². The normalized spacial score (nSPS) is 15.3. The molecule has 1 aliphatic heterocycles. The summed E-state index contributed by atoms with van der Waals surface area (Å²) in [4.78, 5) is 6.82. The monoisotopic (exact) mass is 403 g/mol. The highest BCUT2D eigenvalue weighted by molar-refractivity contribution is 5.80. The number of anilines is 1. The molecule has 0 aliphatic carbocycles. The van der Waals surface area contributed by atoms with Gasteiger partial charge in [0.2, 0.25) is 0 Å². The molecular formula is C24H29N5O. The van der Waals surface area contributed by atoms with Gasteiger partial charge in [0.1, 0.15) is 5.69 Å². The predicted octanol–water partition coefficient (Wildman–Crippen LogP) is 4.37. The van der Waals surface area contributed by atoms with Crippen molar-refractivity contribution in [2.24, 2.45) is 4.99 Å². The fourth-order valence-corrected chi connectivity index (χ4v) is 3.76. The molecule has 1 fully saturated rings. The average molecular weight is 404 g/mol. The second-order valence-corrected chi connectivity index (χ2v) is 7.63. The molecule has 30 heavy (non-hydrogen) atoms. The summed E-state index contributed by atoms with van der Waals surface area (Å²) in [7, 11) is 1.78. The molecule has 6 heteroatoms. The standard InChI is InChI=1S/C24H29N5O/c1-18(20-11-8-12-22(15-20)29-13-6-7-14-29)27-24(25-2)26-17-21-16-23(30-28-21)19-9-4-3-5-10-19/h3-5,8-12,15-16,18H,6-7,13-14,17H2,1-2H3,(H2,25,26,27). The molecule has 156 valence electrons. The van der Waals surface area contributed by atoms with E-state index in [-0.39, 0.29) is 6.04 Å². The fraction of sp³-hybridized carbons (Fsp3) is 0.333. The van der Waals surface area contributed by atoms with Crippen molar-refractivity contribution in [3.05, 3.63) is 71.9 Å². The van der Waals surface area contributed by atoms with Gasteiger partial charge >= 0.3 is 0 Å². The summed E-state index contributed by atoms with van der Waals surface area (Å²) in [5.74, 6) is 1.50. The Morgan fingerprint density at radius 2 is 1.90 bits per heavy atom. The van der Waals surface area contributed by atoms with Gasteiger partial charge in [-0.05, 0) is 37.5 Å². The smallest absolute Gasteiger partial charge is 0.191 e. The van der Waals surface area contributed by atoms with Gasteiger partial charge in [-0.15, -0.1) is 0 Å². The largest absolute Gasteiger partial charge is 0.372 e. The number of rotatable bonds is 6. The van der Waals surface area contributed by atoms with Crippen LogP contribution in [-0.4, -0.2) is 31.3 Å². The number of hydrogen-bond acceptors (Lipinski definition) is 4. The molecule has 1 aromatic heterocycles. The molecule has 2 heterocycles. The SMILES string of the molecule is CN=C(NCc1cc(-c2ccccc2)on1)NC(C)c1cccc(N2CCCC2)c1. The molecule has 4 rings (SSSR count). The lowest BCUT2D eigenvalue weighted by Crippen LogP contribution is -2.38.